The molecule has 10 heteroatoms. The fraction of sp³-hybridized carbons (Fsp3) is 0.316. The molecule has 2 amide bonds. The minimum absolute atomic E-state index is 0.0660. The maximum Gasteiger partial charge on any atom is 0.252 e. The number of amides is 2. The van der Waals surface area contributed by atoms with Crippen molar-refractivity contribution >= 4 is 32.6 Å². The second kappa shape index (κ2) is 17.6. The molecule has 4 aromatic rings. The number of rotatable bonds is 16. The third-order valence-corrected chi connectivity index (χ3v) is 9.66. The lowest BCUT2D eigenvalue weighted by Crippen LogP contribution is -2.60. The highest BCUT2D eigenvalue weighted by Gasteiger charge is 2.36. The number of fused-ring (bicyclic) bond motifs is 1. The van der Waals surface area contributed by atoms with Crippen LogP contribution in [0.5, 0.6) is 0 Å². The first-order valence-corrected chi connectivity index (χ1v) is 17.5. The number of carbonyl (C=O) groups excluding carboxylic acids is 2. The van der Waals surface area contributed by atoms with Gasteiger partial charge in [-0.1, -0.05) is 105 Å². The van der Waals surface area contributed by atoms with E-state index in [0.29, 0.717) is 6.54 Å². The maximum atomic E-state index is 14.1. The third kappa shape index (κ3) is 10.2. The third-order valence-electron chi connectivity index (χ3n) is 7.84. The number of terminal acetylenes is 1. The number of carbonyl (C=O) groups is 2. The van der Waals surface area contributed by atoms with Gasteiger partial charge in [0.1, 0.15) is 0 Å². The van der Waals surface area contributed by atoms with Crippen LogP contribution in [0, 0.1) is 18.3 Å². The molecule has 3 N–H and O–H groups in total. The van der Waals surface area contributed by atoms with Gasteiger partial charge in [-0.2, -0.15) is 4.31 Å². The SMILES string of the molecule is C#CCCC(=O)N(NC(=O)CNCc1ccccc1)[C@@H](Cc1ccccc1)[C@H](O)CN(CC(C)C)S(=O)(=O)c1ccc2ccccc2c1. The van der Waals surface area contributed by atoms with Crippen molar-refractivity contribution in [1.29, 1.82) is 0 Å². The molecule has 0 heterocycles. The van der Waals surface area contributed by atoms with Crippen LogP contribution in [0.1, 0.15) is 37.8 Å². The van der Waals surface area contributed by atoms with Crippen molar-refractivity contribution in [3.05, 3.63) is 114 Å². The highest BCUT2D eigenvalue weighted by Crippen LogP contribution is 2.24. The Balaban J connectivity index is 1.64. The van der Waals surface area contributed by atoms with Gasteiger partial charge < -0.3 is 10.4 Å². The van der Waals surface area contributed by atoms with Crippen LogP contribution in [-0.4, -0.2) is 66.4 Å². The van der Waals surface area contributed by atoms with Gasteiger partial charge in [-0.3, -0.25) is 15.0 Å². The van der Waals surface area contributed by atoms with Gasteiger partial charge in [0.15, 0.2) is 0 Å². The number of aliphatic hydroxyl groups is 1. The van der Waals surface area contributed by atoms with E-state index in [1.165, 1.54) is 4.31 Å². The van der Waals surface area contributed by atoms with Crippen LogP contribution in [0.3, 0.4) is 0 Å². The quantitative estimate of drug-likeness (QED) is 0.119. The molecule has 4 rings (SSSR count). The Morgan fingerprint density at radius 1 is 0.854 bits per heavy atom. The molecule has 252 valence electrons. The molecule has 0 fully saturated rings. The first kappa shape index (κ1) is 36.3. The van der Waals surface area contributed by atoms with Crippen LogP contribution >= 0.6 is 0 Å². The molecule has 0 bridgehead atoms. The summed E-state index contributed by atoms with van der Waals surface area (Å²) in [4.78, 5) is 27.0. The van der Waals surface area contributed by atoms with Gasteiger partial charge in [-0.25, -0.2) is 13.4 Å². The number of nitrogens with zero attached hydrogens (tertiary/aromatic N) is 2. The van der Waals surface area contributed by atoms with Gasteiger partial charge in [0.2, 0.25) is 15.9 Å². The first-order valence-electron chi connectivity index (χ1n) is 16.1. The fourth-order valence-electron chi connectivity index (χ4n) is 5.46. The molecule has 48 heavy (non-hydrogen) atoms. The number of sulfonamides is 1. The molecule has 2 atom stereocenters. The molecular formula is C38H44N4O5S. The number of aliphatic hydroxyl groups excluding tert-OH is 1. The zero-order chi connectivity index (χ0) is 34.5. The van der Waals surface area contributed by atoms with Crippen molar-refractivity contribution in [3.63, 3.8) is 0 Å². The highest BCUT2D eigenvalue weighted by atomic mass is 32.2. The molecule has 0 spiro atoms. The second-order valence-corrected chi connectivity index (χ2v) is 14.1. The lowest BCUT2D eigenvalue weighted by Gasteiger charge is -2.37. The van der Waals surface area contributed by atoms with Crippen LogP contribution in [0.15, 0.2) is 108 Å². The van der Waals surface area contributed by atoms with Gasteiger partial charge in [0, 0.05) is 32.5 Å². The zero-order valence-corrected chi connectivity index (χ0v) is 28.3. The standard InChI is InChI=1S/C38H44N4O5S/c1-4-5-20-38(45)42(40-37(44)26-39-25-31-16-10-7-11-17-31)35(23-30-14-8-6-9-15-30)36(43)28-41(27-29(2)3)48(46,47)34-22-21-32-18-12-13-19-33(32)24-34/h1,6-19,21-22,24,29,35-36,39,43H,5,20,23,25-28H2,2-3H3,(H,40,44)/t35-,36+/m0/s1. The Bertz CT molecular complexity index is 1790. The number of hydrazine groups is 1. The summed E-state index contributed by atoms with van der Waals surface area (Å²) in [7, 11) is -4.06. The van der Waals surface area contributed by atoms with Crippen molar-refractivity contribution in [1.82, 2.24) is 20.1 Å². The summed E-state index contributed by atoms with van der Waals surface area (Å²) in [6.07, 6.45) is 4.29. The Hall–Kier alpha value is -4.53. The average Bonchev–Trinajstić information content (AvgIpc) is 3.08. The second-order valence-electron chi connectivity index (χ2n) is 12.1. The topological polar surface area (TPSA) is 119 Å². The van der Waals surface area contributed by atoms with E-state index in [4.69, 9.17) is 6.42 Å². The Kier molecular flexibility index (Phi) is 13.3. The van der Waals surface area contributed by atoms with E-state index in [1.54, 1.807) is 18.2 Å². The predicted molar refractivity (Wildman–Crippen MR) is 189 cm³/mol. The van der Waals surface area contributed by atoms with Crippen LogP contribution in [0.25, 0.3) is 10.8 Å². The average molecular weight is 669 g/mol. The fourth-order valence-corrected chi connectivity index (χ4v) is 7.12. The van der Waals surface area contributed by atoms with Crippen molar-refractivity contribution in [2.75, 3.05) is 19.6 Å². The monoisotopic (exact) mass is 668 g/mol. The summed E-state index contributed by atoms with van der Waals surface area (Å²) < 4.78 is 29.5. The zero-order valence-electron chi connectivity index (χ0n) is 27.5. The molecule has 0 aliphatic carbocycles. The Labute approximate surface area is 284 Å². The van der Waals surface area contributed by atoms with E-state index in [-0.39, 0.29) is 49.7 Å². The first-order chi connectivity index (χ1) is 23.1. The normalized spacial score (nSPS) is 12.8. The number of hydrogen-bond acceptors (Lipinski definition) is 6. The molecule has 0 aromatic heterocycles. The van der Waals surface area contributed by atoms with Crippen molar-refractivity contribution in [3.8, 4) is 12.3 Å². The van der Waals surface area contributed by atoms with E-state index in [2.05, 4.69) is 16.7 Å². The predicted octanol–water partition coefficient (Wildman–Crippen LogP) is 4.52. The van der Waals surface area contributed by atoms with Crippen molar-refractivity contribution in [2.24, 2.45) is 5.92 Å². The van der Waals surface area contributed by atoms with E-state index < -0.39 is 34.0 Å². The van der Waals surface area contributed by atoms with Gasteiger partial charge in [0.25, 0.3) is 5.91 Å². The Morgan fingerprint density at radius 2 is 1.48 bits per heavy atom. The van der Waals surface area contributed by atoms with E-state index in [9.17, 15) is 23.1 Å². The van der Waals surface area contributed by atoms with Crippen molar-refractivity contribution in [2.45, 2.75) is 56.7 Å². The minimum atomic E-state index is -4.06. The summed E-state index contributed by atoms with van der Waals surface area (Å²) in [6, 6.07) is 30.2. The van der Waals surface area contributed by atoms with Crippen LogP contribution in [0.2, 0.25) is 0 Å². The molecule has 9 nitrogen and oxygen atoms in total. The highest BCUT2D eigenvalue weighted by molar-refractivity contribution is 7.89. The summed E-state index contributed by atoms with van der Waals surface area (Å²) in [5.41, 5.74) is 4.48. The van der Waals surface area contributed by atoms with Crippen LogP contribution in [-0.2, 0) is 32.6 Å². The van der Waals surface area contributed by atoms with Crippen LogP contribution < -0.4 is 10.7 Å². The van der Waals surface area contributed by atoms with Gasteiger partial charge in [-0.15, -0.1) is 12.3 Å². The lowest BCUT2D eigenvalue weighted by molar-refractivity contribution is -0.147. The molecular weight excluding hydrogens is 625 g/mol. The van der Waals surface area contributed by atoms with Gasteiger partial charge in [-0.05, 0) is 46.4 Å². The molecule has 0 aliphatic heterocycles. The summed E-state index contributed by atoms with van der Waals surface area (Å²) in [5, 5.41) is 17.8. The number of benzene rings is 4. The lowest BCUT2D eigenvalue weighted by atomic mass is 9.99. The molecule has 0 saturated carbocycles. The minimum Gasteiger partial charge on any atom is -0.390 e. The molecule has 0 saturated heterocycles. The van der Waals surface area contributed by atoms with E-state index in [0.717, 1.165) is 26.9 Å². The molecule has 0 aliphatic rings. The van der Waals surface area contributed by atoms with Gasteiger partial charge in [0.05, 0.1) is 23.6 Å². The maximum absolute atomic E-state index is 14.1. The number of nitrogens with one attached hydrogen (secondary N) is 2. The summed E-state index contributed by atoms with van der Waals surface area (Å²) in [5.74, 6) is 1.41. The molecule has 0 radical (unpaired) electrons. The van der Waals surface area contributed by atoms with E-state index >= 15 is 0 Å². The molecule has 0 unspecified atom stereocenters. The van der Waals surface area contributed by atoms with Crippen LogP contribution in [0.4, 0.5) is 0 Å². The summed E-state index contributed by atoms with van der Waals surface area (Å²) in [6.45, 7) is 3.95. The molecule has 4 aromatic carbocycles. The summed E-state index contributed by atoms with van der Waals surface area (Å²) >= 11 is 0. The largest absolute Gasteiger partial charge is 0.390 e. The number of hydrogen-bond donors (Lipinski definition) is 3. The van der Waals surface area contributed by atoms with Gasteiger partial charge >= 0.3 is 0 Å². The van der Waals surface area contributed by atoms with E-state index in [1.807, 2.05) is 98.8 Å². The Morgan fingerprint density at radius 3 is 2.12 bits per heavy atom. The van der Waals surface area contributed by atoms with Crippen molar-refractivity contribution < 1.29 is 23.1 Å². The smallest absolute Gasteiger partial charge is 0.252 e.